The van der Waals surface area contributed by atoms with E-state index in [0.29, 0.717) is 11.1 Å². The van der Waals surface area contributed by atoms with E-state index in [4.69, 9.17) is 4.74 Å². The molecule has 0 saturated heterocycles. The maximum absolute atomic E-state index is 12.7. The highest BCUT2D eigenvalue weighted by Crippen LogP contribution is 2.16. The van der Waals surface area contributed by atoms with Crippen molar-refractivity contribution in [1.82, 2.24) is 5.32 Å². The number of nitro groups is 1. The number of hydrogen-bond donors (Lipinski definition) is 1. The Morgan fingerprint density at radius 1 is 1.00 bits per heavy atom. The van der Waals surface area contributed by atoms with Crippen molar-refractivity contribution in [2.24, 2.45) is 0 Å². The molecule has 31 heavy (non-hydrogen) atoms. The number of benzene rings is 3. The van der Waals surface area contributed by atoms with Crippen LogP contribution in [0.5, 0.6) is 0 Å². The van der Waals surface area contributed by atoms with Gasteiger partial charge in [-0.05, 0) is 36.3 Å². The van der Waals surface area contributed by atoms with E-state index in [1.54, 1.807) is 30.3 Å². The Bertz CT molecular complexity index is 1120. The molecule has 0 fully saturated rings. The second-order valence-electron chi connectivity index (χ2n) is 6.79. The SMILES string of the molecule is Cc1ccc(C(=O)NC(=Cc2cccc([N+](=O)[O-])c2)C(=O)OCc2ccccc2)cc1. The molecule has 7 nitrogen and oxygen atoms in total. The van der Waals surface area contributed by atoms with Crippen molar-refractivity contribution < 1.29 is 19.2 Å². The van der Waals surface area contributed by atoms with Crippen LogP contribution in [0.2, 0.25) is 0 Å². The lowest BCUT2D eigenvalue weighted by molar-refractivity contribution is -0.384. The van der Waals surface area contributed by atoms with Crippen molar-refractivity contribution in [2.75, 3.05) is 0 Å². The molecule has 1 N–H and O–H groups in total. The van der Waals surface area contributed by atoms with Crippen molar-refractivity contribution >= 4 is 23.6 Å². The summed E-state index contributed by atoms with van der Waals surface area (Å²) < 4.78 is 5.34. The van der Waals surface area contributed by atoms with E-state index >= 15 is 0 Å². The summed E-state index contributed by atoms with van der Waals surface area (Å²) in [7, 11) is 0. The molecule has 3 aromatic rings. The lowest BCUT2D eigenvalue weighted by Crippen LogP contribution is -2.28. The Labute approximate surface area is 179 Å². The minimum atomic E-state index is -0.754. The summed E-state index contributed by atoms with van der Waals surface area (Å²) in [5.41, 5.74) is 2.27. The molecule has 0 bridgehead atoms. The molecule has 156 valence electrons. The van der Waals surface area contributed by atoms with Crippen LogP contribution in [-0.2, 0) is 16.1 Å². The van der Waals surface area contributed by atoms with Gasteiger partial charge in [0.25, 0.3) is 11.6 Å². The number of nitro benzene ring substituents is 1. The monoisotopic (exact) mass is 416 g/mol. The highest BCUT2D eigenvalue weighted by atomic mass is 16.6. The molecule has 0 aliphatic rings. The number of nitrogens with one attached hydrogen (secondary N) is 1. The first-order valence-electron chi connectivity index (χ1n) is 9.47. The molecule has 0 heterocycles. The van der Waals surface area contributed by atoms with Gasteiger partial charge in [-0.3, -0.25) is 14.9 Å². The fourth-order valence-electron chi connectivity index (χ4n) is 2.74. The van der Waals surface area contributed by atoms with Crippen molar-refractivity contribution in [1.29, 1.82) is 0 Å². The smallest absolute Gasteiger partial charge is 0.355 e. The zero-order valence-corrected chi connectivity index (χ0v) is 16.8. The minimum absolute atomic E-state index is 0.0202. The summed E-state index contributed by atoms with van der Waals surface area (Å²) >= 11 is 0. The molecule has 0 aliphatic heterocycles. The molecule has 0 spiro atoms. The molecule has 3 aromatic carbocycles. The standard InChI is InChI=1S/C24H20N2O5/c1-17-10-12-20(13-11-17)23(27)25-22(15-19-8-5-9-21(14-19)26(29)30)24(28)31-16-18-6-3-2-4-7-18/h2-15H,16H2,1H3,(H,25,27). The molecule has 7 heteroatoms. The zero-order chi connectivity index (χ0) is 22.2. The van der Waals surface area contributed by atoms with Gasteiger partial charge in [0, 0.05) is 17.7 Å². The minimum Gasteiger partial charge on any atom is -0.456 e. The summed E-state index contributed by atoms with van der Waals surface area (Å²) in [6.45, 7) is 1.92. The Balaban J connectivity index is 1.86. The van der Waals surface area contributed by atoms with Crippen LogP contribution in [0.3, 0.4) is 0 Å². The number of carbonyl (C=O) groups is 2. The van der Waals surface area contributed by atoms with Crippen LogP contribution in [0.25, 0.3) is 6.08 Å². The second-order valence-corrected chi connectivity index (χ2v) is 6.79. The van der Waals surface area contributed by atoms with Crippen LogP contribution >= 0.6 is 0 Å². The lowest BCUT2D eigenvalue weighted by atomic mass is 10.1. The van der Waals surface area contributed by atoms with E-state index < -0.39 is 16.8 Å². The Morgan fingerprint density at radius 2 is 1.71 bits per heavy atom. The first-order chi connectivity index (χ1) is 14.9. The fraction of sp³-hybridized carbons (Fsp3) is 0.0833. The predicted molar refractivity (Wildman–Crippen MR) is 116 cm³/mol. The molecule has 0 atom stereocenters. The van der Waals surface area contributed by atoms with Gasteiger partial charge in [-0.25, -0.2) is 4.79 Å². The van der Waals surface area contributed by atoms with Gasteiger partial charge >= 0.3 is 5.97 Å². The third-order valence-corrected chi connectivity index (χ3v) is 4.39. The summed E-state index contributed by atoms with van der Waals surface area (Å²) in [5.74, 6) is -1.25. The van der Waals surface area contributed by atoms with E-state index in [1.165, 1.54) is 24.3 Å². The van der Waals surface area contributed by atoms with E-state index in [0.717, 1.165) is 11.1 Å². The third kappa shape index (κ3) is 6.11. The number of carbonyl (C=O) groups excluding carboxylic acids is 2. The van der Waals surface area contributed by atoms with E-state index in [9.17, 15) is 19.7 Å². The van der Waals surface area contributed by atoms with Crippen LogP contribution in [0, 0.1) is 17.0 Å². The summed E-state index contributed by atoms with van der Waals surface area (Å²) in [5, 5.41) is 13.6. The first-order valence-corrected chi connectivity index (χ1v) is 9.47. The molecule has 0 unspecified atom stereocenters. The van der Waals surface area contributed by atoms with Crippen LogP contribution in [0.4, 0.5) is 5.69 Å². The van der Waals surface area contributed by atoms with Gasteiger partial charge in [0.05, 0.1) is 4.92 Å². The maximum atomic E-state index is 12.7. The highest BCUT2D eigenvalue weighted by Gasteiger charge is 2.17. The Hall–Kier alpha value is -4.26. The zero-order valence-electron chi connectivity index (χ0n) is 16.8. The number of non-ortho nitro benzene ring substituents is 1. The third-order valence-electron chi connectivity index (χ3n) is 4.39. The lowest BCUT2D eigenvalue weighted by Gasteiger charge is -2.11. The van der Waals surface area contributed by atoms with E-state index in [-0.39, 0.29) is 18.0 Å². The quantitative estimate of drug-likeness (QED) is 0.266. The summed E-state index contributed by atoms with van der Waals surface area (Å²) in [6.07, 6.45) is 1.35. The van der Waals surface area contributed by atoms with Crippen LogP contribution in [0.15, 0.2) is 84.6 Å². The molecule has 0 aromatic heterocycles. The molecule has 0 saturated carbocycles. The van der Waals surface area contributed by atoms with Gasteiger partial charge in [0.15, 0.2) is 0 Å². The van der Waals surface area contributed by atoms with Gasteiger partial charge in [-0.15, -0.1) is 0 Å². The van der Waals surface area contributed by atoms with Crippen LogP contribution < -0.4 is 5.32 Å². The Kier molecular flexibility index (Phi) is 6.90. The number of aryl methyl sites for hydroxylation is 1. The van der Waals surface area contributed by atoms with Gasteiger partial charge < -0.3 is 10.1 Å². The Morgan fingerprint density at radius 3 is 2.39 bits per heavy atom. The number of esters is 1. The van der Waals surface area contributed by atoms with Crippen molar-refractivity contribution in [3.63, 3.8) is 0 Å². The predicted octanol–water partition coefficient (Wildman–Crippen LogP) is 4.42. The number of rotatable bonds is 7. The number of nitrogens with zero attached hydrogens (tertiary/aromatic N) is 1. The number of amides is 1. The van der Waals surface area contributed by atoms with Gasteiger partial charge in [-0.1, -0.05) is 60.2 Å². The van der Waals surface area contributed by atoms with Crippen LogP contribution in [-0.4, -0.2) is 16.8 Å². The molecule has 1 amide bonds. The molecule has 0 radical (unpaired) electrons. The number of hydrogen-bond acceptors (Lipinski definition) is 5. The van der Waals surface area contributed by atoms with Gasteiger partial charge in [-0.2, -0.15) is 0 Å². The average molecular weight is 416 g/mol. The van der Waals surface area contributed by atoms with E-state index in [1.807, 2.05) is 37.3 Å². The summed E-state index contributed by atoms with van der Waals surface area (Å²) in [4.78, 5) is 35.9. The molecule has 3 rings (SSSR count). The molecular weight excluding hydrogens is 396 g/mol. The van der Waals surface area contributed by atoms with E-state index in [2.05, 4.69) is 5.32 Å². The molecule has 0 aliphatic carbocycles. The average Bonchev–Trinajstić information content (AvgIpc) is 2.78. The highest BCUT2D eigenvalue weighted by molar-refractivity contribution is 6.03. The van der Waals surface area contributed by atoms with Crippen molar-refractivity contribution in [2.45, 2.75) is 13.5 Å². The maximum Gasteiger partial charge on any atom is 0.355 e. The van der Waals surface area contributed by atoms with Crippen molar-refractivity contribution in [3.8, 4) is 0 Å². The van der Waals surface area contributed by atoms with Gasteiger partial charge in [0.2, 0.25) is 0 Å². The van der Waals surface area contributed by atoms with Gasteiger partial charge in [0.1, 0.15) is 12.3 Å². The second kappa shape index (κ2) is 9.98. The summed E-state index contributed by atoms with van der Waals surface area (Å²) in [6, 6.07) is 21.7. The topological polar surface area (TPSA) is 98.5 Å². The largest absolute Gasteiger partial charge is 0.456 e. The first kappa shape index (κ1) is 21.4. The van der Waals surface area contributed by atoms with Crippen LogP contribution in [0.1, 0.15) is 27.0 Å². The number of ether oxygens (including phenoxy) is 1. The molecular formula is C24H20N2O5. The normalized spacial score (nSPS) is 10.9. The van der Waals surface area contributed by atoms with Crippen molar-refractivity contribution in [3.05, 3.63) is 117 Å². The fourth-order valence-corrected chi connectivity index (χ4v) is 2.74.